The van der Waals surface area contributed by atoms with Crippen LogP contribution < -0.4 is 11.1 Å². The van der Waals surface area contributed by atoms with Gasteiger partial charge in [-0.05, 0) is 6.92 Å². The highest BCUT2D eigenvalue weighted by atomic mass is 19.3. The monoisotopic (exact) mass is 323 g/mol. The average Bonchev–Trinajstić information content (AvgIpc) is 2.93. The fourth-order valence-electron chi connectivity index (χ4n) is 2.03. The van der Waals surface area contributed by atoms with Crippen molar-refractivity contribution in [3.63, 3.8) is 0 Å². The number of alkyl halides is 2. The highest BCUT2D eigenvalue weighted by Gasteiger charge is 2.27. The van der Waals surface area contributed by atoms with Crippen molar-refractivity contribution in [1.82, 2.24) is 10.3 Å². The molecule has 0 radical (unpaired) electrons. The molecule has 0 aliphatic carbocycles. The standard InChI is InChI=1S/C16H19F2N3O2/c1-11-15(12-5-3-2-4-6-12)23-14(21-11)8-7-13(22)20-10-16(17,18)9-19/h2-6H,7-10,19H2,1H3,(H,20,22). The summed E-state index contributed by atoms with van der Waals surface area (Å²) in [6, 6.07) is 9.49. The van der Waals surface area contributed by atoms with Crippen molar-refractivity contribution in [3.05, 3.63) is 41.9 Å². The highest BCUT2D eigenvalue weighted by molar-refractivity contribution is 5.76. The Kier molecular flexibility index (Phi) is 5.44. The predicted molar refractivity (Wildman–Crippen MR) is 82.0 cm³/mol. The van der Waals surface area contributed by atoms with Crippen molar-refractivity contribution in [2.75, 3.05) is 13.1 Å². The molecule has 0 saturated heterocycles. The van der Waals surface area contributed by atoms with Gasteiger partial charge in [0.05, 0.1) is 18.8 Å². The lowest BCUT2D eigenvalue weighted by molar-refractivity contribution is -0.122. The van der Waals surface area contributed by atoms with Crippen LogP contribution in [0.25, 0.3) is 11.3 Å². The molecule has 0 aliphatic rings. The van der Waals surface area contributed by atoms with Gasteiger partial charge >= 0.3 is 0 Å². The molecular formula is C16H19F2N3O2. The van der Waals surface area contributed by atoms with E-state index in [1.165, 1.54) is 0 Å². The van der Waals surface area contributed by atoms with Gasteiger partial charge in [0.1, 0.15) is 0 Å². The normalized spacial score (nSPS) is 11.5. The number of aryl methyl sites for hydroxylation is 2. The van der Waals surface area contributed by atoms with Crippen LogP contribution in [-0.2, 0) is 11.2 Å². The van der Waals surface area contributed by atoms with Gasteiger partial charge in [-0.25, -0.2) is 13.8 Å². The first kappa shape index (κ1) is 17.1. The summed E-state index contributed by atoms with van der Waals surface area (Å²) in [5, 5.41) is 2.16. The fourth-order valence-corrected chi connectivity index (χ4v) is 2.03. The molecule has 124 valence electrons. The third-order valence-corrected chi connectivity index (χ3v) is 3.29. The Balaban J connectivity index is 1.91. The molecule has 2 rings (SSSR count). The zero-order valence-corrected chi connectivity index (χ0v) is 12.8. The lowest BCUT2D eigenvalue weighted by Gasteiger charge is -2.14. The van der Waals surface area contributed by atoms with Crippen LogP contribution in [0, 0.1) is 6.92 Å². The van der Waals surface area contributed by atoms with Crippen LogP contribution in [0.1, 0.15) is 18.0 Å². The summed E-state index contributed by atoms with van der Waals surface area (Å²) in [5.41, 5.74) is 6.53. The van der Waals surface area contributed by atoms with Crippen LogP contribution in [0.3, 0.4) is 0 Å². The number of carbonyl (C=O) groups excluding carboxylic acids is 1. The maximum Gasteiger partial charge on any atom is 0.277 e. The Morgan fingerprint density at radius 2 is 2.04 bits per heavy atom. The molecule has 0 aliphatic heterocycles. The Bertz CT molecular complexity index is 657. The van der Waals surface area contributed by atoms with Gasteiger partial charge in [0.25, 0.3) is 5.92 Å². The molecule has 0 bridgehead atoms. The van der Waals surface area contributed by atoms with Gasteiger partial charge in [0, 0.05) is 18.4 Å². The van der Waals surface area contributed by atoms with Gasteiger partial charge < -0.3 is 15.5 Å². The molecule has 0 fully saturated rings. The minimum absolute atomic E-state index is 0.0227. The zero-order valence-electron chi connectivity index (χ0n) is 12.8. The number of hydrogen-bond acceptors (Lipinski definition) is 4. The molecule has 3 N–H and O–H groups in total. The molecule has 1 amide bonds. The summed E-state index contributed by atoms with van der Waals surface area (Å²) in [6.45, 7) is 0.256. The lowest BCUT2D eigenvalue weighted by Crippen LogP contribution is -2.41. The van der Waals surface area contributed by atoms with Crippen LogP contribution in [-0.4, -0.2) is 29.9 Å². The smallest absolute Gasteiger partial charge is 0.277 e. The van der Waals surface area contributed by atoms with E-state index in [1.807, 2.05) is 37.3 Å². The zero-order chi connectivity index (χ0) is 16.9. The van der Waals surface area contributed by atoms with Crippen molar-refractivity contribution in [1.29, 1.82) is 0 Å². The number of oxazole rings is 1. The van der Waals surface area contributed by atoms with Gasteiger partial charge in [-0.3, -0.25) is 4.79 Å². The Morgan fingerprint density at radius 3 is 2.70 bits per heavy atom. The molecule has 1 aromatic heterocycles. The number of amides is 1. The van der Waals surface area contributed by atoms with Crippen LogP contribution in [0.15, 0.2) is 34.7 Å². The Morgan fingerprint density at radius 1 is 1.35 bits per heavy atom. The van der Waals surface area contributed by atoms with E-state index in [2.05, 4.69) is 10.3 Å². The molecule has 0 spiro atoms. The number of hydrogen-bond donors (Lipinski definition) is 2. The van der Waals surface area contributed by atoms with Crippen LogP contribution in [0.2, 0.25) is 0 Å². The number of benzene rings is 1. The molecular weight excluding hydrogens is 304 g/mol. The van der Waals surface area contributed by atoms with E-state index in [4.69, 9.17) is 10.2 Å². The maximum absolute atomic E-state index is 12.9. The van der Waals surface area contributed by atoms with Crippen LogP contribution in [0.5, 0.6) is 0 Å². The van der Waals surface area contributed by atoms with Gasteiger partial charge in [0.2, 0.25) is 5.91 Å². The van der Waals surface area contributed by atoms with E-state index in [0.29, 0.717) is 11.7 Å². The first-order valence-corrected chi connectivity index (χ1v) is 7.27. The molecule has 0 unspecified atom stereocenters. The minimum atomic E-state index is -3.09. The van der Waals surface area contributed by atoms with Crippen molar-refractivity contribution in [2.45, 2.75) is 25.7 Å². The largest absolute Gasteiger partial charge is 0.440 e. The van der Waals surface area contributed by atoms with Crippen LogP contribution >= 0.6 is 0 Å². The summed E-state index contributed by atoms with van der Waals surface area (Å²) in [6.07, 6.45) is 0.266. The van der Waals surface area contributed by atoms with Gasteiger partial charge in [-0.1, -0.05) is 30.3 Å². The lowest BCUT2D eigenvalue weighted by atomic mass is 10.1. The number of nitrogens with one attached hydrogen (secondary N) is 1. The summed E-state index contributed by atoms with van der Waals surface area (Å²) < 4.78 is 31.6. The summed E-state index contributed by atoms with van der Waals surface area (Å²) >= 11 is 0. The van der Waals surface area contributed by atoms with E-state index in [-0.39, 0.29) is 12.8 Å². The first-order chi connectivity index (χ1) is 10.9. The van der Waals surface area contributed by atoms with Crippen molar-refractivity contribution >= 4 is 5.91 Å². The predicted octanol–water partition coefficient (Wildman–Crippen LogP) is 2.29. The molecule has 0 saturated carbocycles. The topological polar surface area (TPSA) is 81.2 Å². The average molecular weight is 323 g/mol. The number of rotatable bonds is 7. The second-order valence-corrected chi connectivity index (χ2v) is 5.22. The van der Waals surface area contributed by atoms with Crippen LogP contribution in [0.4, 0.5) is 8.78 Å². The maximum atomic E-state index is 12.9. The third kappa shape index (κ3) is 4.85. The Hall–Kier alpha value is -2.28. The van der Waals surface area contributed by atoms with E-state index < -0.39 is 24.9 Å². The molecule has 5 nitrogen and oxygen atoms in total. The summed E-state index contributed by atoms with van der Waals surface area (Å²) in [4.78, 5) is 15.9. The summed E-state index contributed by atoms with van der Waals surface area (Å²) in [5.74, 6) is -2.52. The fraction of sp³-hybridized carbons (Fsp3) is 0.375. The molecule has 23 heavy (non-hydrogen) atoms. The minimum Gasteiger partial charge on any atom is -0.440 e. The van der Waals surface area contributed by atoms with Crippen molar-refractivity contribution in [3.8, 4) is 11.3 Å². The van der Waals surface area contributed by atoms with E-state index >= 15 is 0 Å². The van der Waals surface area contributed by atoms with E-state index in [0.717, 1.165) is 11.3 Å². The second kappa shape index (κ2) is 7.32. The first-order valence-electron chi connectivity index (χ1n) is 7.27. The quantitative estimate of drug-likeness (QED) is 0.819. The van der Waals surface area contributed by atoms with Crippen molar-refractivity contribution in [2.24, 2.45) is 5.73 Å². The number of nitrogens with zero attached hydrogens (tertiary/aromatic N) is 1. The number of aromatic nitrogens is 1. The number of nitrogens with two attached hydrogens (primary N) is 1. The number of halogens is 2. The van der Waals surface area contributed by atoms with Crippen molar-refractivity contribution < 1.29 is 18.0 Å². The molecule has 1 heterocycles. The van der Waals surface area contributed by atoms with E-state index in [9.17, 15) is 13.6 Å². The van der Waals surface area contributed by atoms with Gasteiger partial charge in [-0.15, -0.1) is 0 Å². The summed E-state index contributed by atoms with van der Waals surface area (Å²) in [7, 11) is 0. The third-order valence-electron chi connectivity index (χ3n) is 3.29. The SMILES string of the molecule is Cc1nc(CCC(=O)NCC(F)(F)CN)oc1-c1ccccc1. The van der Waals surface area contributed by atoms with Gasteiger partial charge in [-0.2, -0.15) is 0 Å². The highest BCUT2D eigenvalue weighted by Crippen LogP contribution is 2.24. The molecule has 1 aromatic carbocycles. The molecule has 2 aromatic rings. The van der Waals surface area contributed by atoms with Gasteiger partial charge in [0.15, 0.2) is 11.7 Å². The molecule has 0 atom stereocenters. The van der Waals surface area contributed by atoms with E-state index in [1.54, 1.807) is 0 Å². The Labute approximate surface area is 132 Å². The number of carbonyl (C=O) groups is 1. The second-order valence-electron chi connectivity index (χ2n) is 5.22. The molecule has 7 heteroatoms.